The van der Waals surface area contributed by atoms with Crippen LogP contribution in [0.25, 0.3) is 5.57 Å². The van der Waals surface area contributed by atoms with Crippen molar-refractivity contribution in [3.63, 3.8) is 0 Å². The van der Waals surface area contributed by atoms with Crippen molar-refractivity contribution in [3.8, 4) is 0 Å². The van der Waals surface area contributed by atoms with Gasteiger partial charge >= 0.3 is 0 Å². The fraction of sp³-hybridized carbons (Fsp3) is 0.273. The van der Waals surface area contributed by atoms with Crippen molar-refractivity contribution < 1.29 is 0 Å². The Morgan fingerprint density at radius 2 is 2.17 bits per heavy atom. The predicted molar refractivity (Wildman–Crippen MR) is 55.3 cm³/mol. The normalized spacial score (nSPS) is 17.1. The van der Waals surface area contributed by atoms with Crippen molar-refractivity contribution >= 4 is 16.9 Å². The molecule has 0 amide bonds. The third kappa shape index (κ3) is 1.51. The van der Waals surface area contributed by atoms with E-state index in [1.807, 2.05) is 11.3 Å². The summed E-state index contributed by atoms with van der Waals surface area (Å²) >= 11 is 1.83. The van der Waals surface area contributed by atoms with Gasteiger partial charge in [-0.1, -0.05) is 23.8 Å². The van der Waals surface area contributed by atoms with Gasteiger partial charge in [0.2, 0.25) is 0 Å². The van der Waals surface area contributed by atoms with Crippen LogP contribution in [0, 0.1) is 0 Å². The van der Waals surface area contributed by atoms with E-state index in [-0.39, 0.29) is 0 Å². The Hall–Kier alpha value is -0.820. The average Bonchev–Trinajstić information content (AvgIpc) is 2.58. The third-order valence-electron chi connectivity index (χ3n) is 2.20. The molecule has 0 spiro atoms. The predicted octanol–water partition coefficient (Wildman–Crippen LogP) is 3.87. The molecular weight excluding hydrogens is 164 g/mol. The molecule has 0 fully saturated rings. The number of hydrogen-bond donors (Lipinski definition) is 0. The molecule has 0 saturated heterocycles. The first-order valence-corrected chi connectivity index (χ1v) is 5.14. The fourth-order valence-corrected chi connectivity index (χ4v) is 2.19. The maximum absolute atomic E-state index is 2.25. The quantitative estimate of drug-likeness (QED) is 0.609. The zero-order valence-corrected chi connectivity index (χ0v) is 8.03. The maximum Gasteiger partial charge on any atom is 0.0302 e. The van der Waals surface area contributed by atoms with E-state index in [2.05, 4.69) is 36.6 Å². The first-order valence-electron chi connectivity index (χ1n) is 4.26. The largest absolute Gasteiger partial charge is 0.144 e. The van der Waals surface area contributed by atoms with Crippen LogP contribution in [0.3, 0.4) is 0 Å². The summed E-state index contributed by atoms with van der Waals surface area (Å²) in [5.41, 5.74) is 2.99. The fourth-order valence-electron chi connectivity index (χ4n) is 1.41. The lowest BCUT2D eigenvalue weighted by atomic mass is 9.99. The Balaban J connectivity index is 2.27. The summed E-state index contributed by atoms with van der Waals surface area (Å²) in [6.45, 7) is 2.20. The van der Waals surface area contributed by atoms with Crippen LogP contribution >= 0.6 is 11.3 Å². The summed E-state index contributed by atoms with van der Waals surface area (Å²) in [7, 11) is 0. The molecular formula is C11H12S. The SMILES string of the molecule is CC1=CC=C(c2cccs2)CC1. The second-order valence-corrected chi connectivity index (χ2v) is 4.13. The zero-order valence-electron chi connectivity index (χ0n) is 7.21. The van der Waals surface area contributed by atoms with Crippen molar-refractivity contribution in [3.05, 3.63) is 40.1 Å². The van der Waals surface area contributed by atoms with Crippen molar-refractivity contribution in [1.29, 1.82) is 0 Å². The van der Waals surface area contributed by atoms with Crippen molar-refractivity contribution in [2.75, 3.05) is 0 Å². The van der Waals surface area contributed by atoms with Crippen LogP contribution < -0.4 is 0 Å². The van der Waals surface area contributed by atoms with Crippen LogP contribution in [0.2, 0.25) is 0 Å². The van der Waals surface area contributed by atoms with Crippen molar-refractivity contribution in [1.82, 2.24) is 0 Å². The monoisotopic (exact) mass is 176 g/mol. The molecule has 1 aromatic heterocycles. The second kappa shape index (κ2) is 3.28. The number of rotatable bonds is 1. The van der Waals surface area contributed by atoms with Gasteiger partial charge in [0.25, 0.3) is 0 Å². The molecule has 0 saturated carbocycles. The van der Waals surface area contributed by atoms with Crippen LogP contribution in [0.1, 0.15) is 24.6 Å². The van der Waals surface area contributed by atoms with Crippen molar-refractivity contribution in [2.45, 2.75) is 19.8 Å². The number of hydrogen-bond acceptors (Lipinski definition) is 1. The minimum atomic E-state index is 1.21. The first kappa shape index (κ1) is 7.81. The van der Waals surface area contributed by atoms with Crippen LogP contribution in [-0.2, 0) is 0 Å². The van der Waals surface area contributed by atoms with Gasteiger partial charge in [0, 0.05) is 4.88 Å². The molecule has 0 nitrogen and oxygen atoms in total. The molecule has 1 aliphatic carbocycles. The van der Waals surface area contributed by atoms with E-state index in [4.69, 9.17) is 0 Å². The lowest BCUT2D eigenvalue weighted by Gasteiger charge is -2.09. The van der Waals surface area contributed by atoms with E-state index in [0.717, 1.165) is 0 Å². The Kier molecular flexibility index (Phi) is 2.13. The summed E-state index contributed by atoms with van der Waals surface area (Å²) < 4.78 is 0. The first-order chi connectivity index (χ1) is 5.86. The van der Waals surface area contributed by atoms with E-state index in [9.17, 15) is 0 Å². The highest BCUT2D eigenvalue weighted by atomic mass is 32.1. The smallest absolute Gasteiger partial charge is 0.0302 e. The molecule has 0 N–H and O–H groups in total. The molecule has 1 aliphatic rings. The molecule has 1 heteroatoms. The van der Waals surface area contributed by atoms with Gasteiger partial charge in [-0.05, 0) is 36.8 Å². The minimum absolute atomic E-state index is 1.21. The molecule has 62 valence electrons. The van der Waals surface area contributed by atoms with Gasteiger partial charge in [-0.3, -0.25) is 0 Å². The number of allylic oxidation sites excluding steroid dienone is 4. The van der Waals surface area contributed by atoms with E-state index in [1.54, 1.807) is 0 Å². The summed E-state index contributed by atoms with van der Waals surface area (Å²) in [6, 6.07) is 4.32. The average molecular weight is 176 g/mol. The molecule has 0 unspecified atom stereocenters. The Morgan fingerprint density at radius 3 is 2.75 bits per heavy atom. The Labute approximate surface area is 77.2 Å². The molecule has 0 radical (unpaired) electrons. The van der Waals surface area contributed by atoms with Gasteiger partial charge in [0.05, 0.1) is 0 Å². The molecule has 0 aromatic carbocycles. The summed E-state index contributed by atoms with van der Waals surface area (Å²) in [5.74, 6) is 0. The van der Waals surface area contributed by atoms with Crippen LogP contribution in [0.15, 0.2) is 35.2 Å². The standard InChI is InChI=1S/C11H12S/c1-9-4-6-10(7-5-9)11-3-2-8-12-11/h2-4,6,8H,5,7H2,1H3. The van der Waals surface area contributed by atoms with Crippen LogP contribution in [-0.4, -0.2) is 0 Å². The lowest BCUT2D eigenvalue weighted by Crippen LogP contribution is -1.88. The molecule has 2 rings (SSSR count). The highest BCUT2D eigenvalue weighted by Gasteiger charge is 2.05. The van der Waals surface area contributed by atoms with Gasteiger partial charge < -0.3 is 0 Å². The maximum atomic E-state index is 2.25. The second-order valence-electron chi connectivity index (χ2n) is 3.18. The van der Waals surface area contributed by atoms with E-state index < -0.39 is 0 Å². The van der Waals surface area contributed by atoms with Crippen molar-refractivity contribution in [2.24, 2.45) is 0 Å². The van der Waals surface area contributed by atoms with Gasteiger partial charge in [-0.2, -0.15) is 0 Å². The summed E-state index contributed by atoms with van der Waals surface area (Å²) in [4.78, 5) is 1.43. The van der Waals surface area contributed by atoms with Crippen LogP contribution in [0.5, 0.6) is 0 Å². The minimum Gasteiger partial charge on any atom is -0.144 e. The molecule has 0 atom stereocenters. The summed E-state index contributed by atoms with van der Waals surface area (Å²) in [5, 5.41) is 2.14. The van der Waals surface area contributed by atoms with Gasteiger partial charge in [-0.25, -0.2) is 0 Å². The molecule has 1 heterocycles. The van der Waals surface area contributed by atoms with E-state index >= 15 is 0 Å². The molecule has 0 aliphatic heterocycles. The zero-order chi connectivity index (χ0) is 8.39. The lowest BCUT2D eigenvalue weighted by molar-refractivity contribution is 0.980. The number of thiophene rings is 1. The van der Waals surface area contributed by atoms with Crippen LogP contribution in [0.4, 0.5) is 0 Å². The van der Waals surface area contributed by atoms with E-state index in [1.165, 1.54) is 28.9 Å². The molecule has 1 aromatic rings. The van der Waals surface area contributed by atoms with Gasteiger partial charge in [-0.15, -0.1) is 11.3 Å². The highest BCUT2D eigenvalue weighted by Crippen LogP contribution is 2.28. The highest BCUT2D eigenvalue weighted by molar-refractivity contribution is 7.11. The van der Waals surface area contributed by atoms with Gasteiger partial charge in [0.1, 0.15) is 0 Å². The third-order valence-corrected chi connectivity index (χ3v) is 3.14. The van der Waals surface area contributed by atoms with E-state index in [0.29, 0.717) is 0 Å². The Bertz CT molecular complexity index is 315. The molecule has 12 heavy (non-hydrogen) atoms. The van der Waals surface area contributed by atoms with Gasteiger partial charge in [0.15, 0.2) is 0 Å². The topological polar surface area (TPSA) is 0 Å². The summed E-state index contributed by atoms with van der Waals surface area (Å²) in [6.07, 6.45) is 6.93. The molecule has 0 bridgehead atoms. The Morgan fingerprint density at radius 1 is 1.25 bits per heavy atom.